The summed E-state index contributed by atoms with van der Waals surface area (Å²) in [6.45, 7) is 3.61. The number of amides is 1. The SMILES string of the molecule is COC1CC(C(=O)O)N(C(=O)CS(=O)(=O)CC(C)C)C1. The Morgan fingerprint density at radius 2 is 2.00 bits per heavy atom. The minimum atomic E-state index is -3.52. The quantitative estimate of drug-likeness (QED) is 0.726. The fraction of sp³-hybridized carbons (Fsp3) is 0.833. The second kappa shape index (κ2) is 6.53. The fourth-order valence-electron chi connectivity index (χ4n) is 2.32. The van der Waals surface area contributed by atoms with Crippen LogP contribution in [0.4, 0.5) is 0 Å². The molecule has 1 N–H and O–H groups in total. The van der Waals surface area contributed by atoms with Gasteiger partial charge in [0.2, 0.25) is 5.91 Å². The molecular formula is C12H21NO6S. The lowest BCUT2D eigenvalue weighted by atomic mass is 10.2. The van der Waals surface area contributed by atoms with Gasteiger partial charge in [0.15, 0.2) is 9.84 Å². The van der Waals surface area contributed by atoms with Crippen LogP contribution in [0.1, 0.15) is 20.3 Å². The molecule has 0 radical (unpaired) electrons. The van der Waals surface area contributed by atoms with Gasteiger partial charge in [0.05, 0.1) is 11.9 Å². The van der Waals surface area contributed by atoms with Crippen molar-refractivity contribution in [2.75, 3.05) is 25.2 Å². The van der Waals surface area contributed by atoms with Crippen molar-refractivity contribution < 1.29 is 27.9 Å². The van der Waals surface area contributed by atoms with Crippen molar-refractivity contribution in [3.8, 4) is 0 Å². The monoisotopic (exact) mass is 307 g/mol. The number of rotatable bonds is 6. The Kier molecular flexibility index (Phi) is 5.52. The van der Waals surface area contributed by atoms with Crippen molar-refractivity contribution in [3.05, 3.63) is 0 Å². The third-order valence-electron chi connectivity index (χ3n) is 3.13. The number of hydrogen-bond donors (Lipinski definition) is 1. The number of hydrogen-bond acceptors (Lipinski definition) is 5. The van der Waals surface area contributed by atoms with E-state index < -0.39 is 33.5 Å². The number of carbonyl (C=O) groups is 2. The molecule has 0 aromatic rings. The number of ether oxygens (including phenoxy) is 1. The van der Waals surface area contributed by atoms with E-state index in [0.29, 0.717) is 0 Å². The highest BCUT2D eigenvalue weighted by Gasteiger charge is 2.40. The summed E-state index contributed by atoms with van der Waals surface area (Å²) >= 11 is 0. The molecule has 0 aromatic heterocycles. The molecule has 1 saturated heterocycles. The lowest BCUT2D eigenvalue weighted by Crippen LogP contribution is -2.43. The van der Waals surface area contributed by atoms with E-state index in [-0.39, 0.29) is 30.7 Å². The maximum Gasteiger partial charge on any atom is 0.326 e. The topological polar surface area (TPSA) is 101 Å². The first kappa shape index (κ1) is 16.9. The summed E-state index contributed by atoms with van der Waals surface area (Å²) in [5, 5.41) is 9.09. The molecule has 116 valence electrons. The number of carboxylic acids is 1. The predicted octanol–water partition coefficient (Wildman–Crippen LogP) is -0.242. The molecule has 1 aliphatic rings. The van der Waals surface area contributed by atoms with Gasteiger partial charge in [-0.3, -0.25) is 4.79 Å². The summed E-state index contributed by atoms with van der Waals surface area (Å²) in [7, 11) is -2.08. The minimum Gasteiger partial charge on any atom is -0.480 e. The number of likely N-dealkylation sites (tertiary alicyclic amines) is 1. The molecule has 2 atom stereocenters. The lowest BCUT2D eigenvalue weighted by molar-refractivity contribution is -0.147. The third-order valence-corrected chi connectivity index (χ3v) is 4.99. The first-order valence-corrected chi connectivity index (χ1v) is 8.24. The van der Waals surface area contributed by atoms with Crippen LogP contribution in [0.5, 0.6) is 0 Å². The van der Waals surface area contributed by atoms with E-state index in [0.717, 1.165) is 4.90 Å². The Labute approximate surface area is 118 Å². The zero-order chi connectivity index (χ0) is 15.5. The van der Waals surface area contributed by atoms with Gasteiger partial charge in [-0.1, -0.05) is 13.8 Å². The minimum absolute atomic E-state index is 0.0756. The summed E-state index contributed by atoms with van der Waals surface area (Å²) in [5.74, 6) is -2.62. The van der Waals surface area contributed by atoms with Gasteiger partial charge in [-0.25, -0.2) is 13.2 Å². The largest absolute Gasteiger partial charge is 0.480 e. The summed E-state index contributed by atoms with van der Waals surface area (Å²) in [6, 6.07) is -1.01. The van der Waals surface area contributed by atoms with Gasteiger partial charge in [0, 0.05) is 20.1 Å². The standard InChI is InChI=1S/C12H21NO6S/c1-8(2)6-20(17,18)7-11(14)13-5-9(19-3)4-10(13)12(15)16/h8-10H,4-7H2,1-3H3,(H,15,16). The van der Waals surface area contributed by atoms with Crippen LogP contribution in [0, 0.1) is 5.92 Å². The van der Waals surface area contributed by atoms with E-state index in [4.69, 9.17) is 9.84 Å². The van der Waals surface area contributed by atoms with Crippen LogP contribution in [0.3, 0.4) is 0 Å². The number of aliphatic carboxylic acids is 1. The molecule has 0 spiro atoms. The molecule has 1 heterocycles. The van der Waals surface area contributed by atoms with Gasteiger partial charge in [0.1, 0.15) is 11.8 Å². The number of carbonyl (C=O) groups excluding carboxylic acids is 1. The molecule has 2 unspecified atom stereocenters. The highest BCUT2D eigenvalue weighted by molar-refractivity contribution is 7.92. The molecule has 1 fully saturated rings. The predicted molar refractivity (Wildman–Crippen MR) is 72.0 cm³/mol. The molecular weight excluding hydrogens is 286 g/mol. The Balaban J connectivity index is 2.77. The second-order valence-corrected chi connectivity index (χ2v) is 7.55. The van der Waals surface area contributed by atoms with E-state index in [1.54, 1.807) is 13.8 Å². The second-order valence-electron chi connectivity index (χ2n) is 5.44. The molecule has 0 saturated carbocycles. The molecule has 20 heavy (non-hydrogen) atoms. The first-order valence-electron chi connectivity index (χ1n) is 6.41. The maximum atomic E-state index is 12.0. The highest BCUT2D eigenvalue weighted by Crippen LogP contribution is 2.21. The molecule has 1 rings (SSSR count). The number of sulfone groups is 1. The number of nitrogens with zero attached hydrogens (tertiary/aromatic N) is 1. The smallest absolute Gasteiger partial charge is 0.326 e. The van der Waals surface area contributed by atoms with Crippen molar-refractivity contribution in [1.82, 2.24) is 4.90 Å². The Bertz CT molecular complexity index is 472. The van der Waals surface area contributed by atoms with Crippen LogP contribution in [0.15, 0.2) is 0 Å². The zero-order valence-corrected chi connectivity index (χ0v) is 12.7. The van der Waals surface area contributed by atoms with Crippen LogP contribution in [0.25, 0.3) is 0 Å². The van der Waals surface area contributed by atoms with Crippen molar-refractivity contribution in [3.63, 3.8) is 0 Å². The molecule has 0 aromatic carbocycles. The summed E-state index contributed by atoms with van der Waals surface area (Å²) < 4.78 is 28.7. The van der Waals surface area contributed by atoms with Crippen molar-refractivity contribution in [2.24, 2.45) is 5.92 Å². The third kappa shape index (κ3) is 4.45. The average Bonchev–Trinajstić information content (AvgIpc) is 2.70. The molecule has 1 amide bonds. The lowest BCUT2D eigenvalue weighted by Gasteiger charge is -2.21. The van der Waals surface area contributed by atoms with Gasteiger partial charge in [-0.15, -0.1) is 0 Å². The van der Waals surface area contributed by atoms with E-state index in [2.05, 4.69) is 0 Å². The van der Waals surface area contributed by atoms with Crippen LogP contribution in [-0.4, -0.2) is 67.6 Å². The maximum absolute atomic E-state index is 12.0. The first-order chi connectivity index (χ1) is 9.16. The molecule has 0 bridgehead atoms. The summed E-state index contributed by atoms with van der Waals surface area (Å²) in [6.07, 6.45) is -0.185. The number of methoxy groups -OCH3 is 1. The summed E-state index contributed by atoms with van der Waals surface area (Å²) in [4.78, 5) is 24.3. The van der Waals surface area contributed by atoms with E-state index >= 15 is 0 Å². The van der Waals surface area contributed by atoms with Crippen molar-refractivity contribution >= 4 is 21.7 Å². The van der Waals surface area contributed by atoms with Crippen molar-refractivity contribution in [2.45, 2.75) is 32.4 Å². The normalized spacial score (nSPS) is 23.3. The van der Waals surface area contributed by atoms with Gasteiger partial charge >= 0.3 is 5.97 Å². The van der Waals surface area contributed by atoms with Gasteiger partial charge in [-0.05, 0) is 5.92 Å². The zero-order valence-electron chi connectivity index (χ0n) is 11.9. The number of carboxylic acid groups (broad SMARTS) is 1. The molecule has 7 nitrogen and oxygen atoms in total. The van der Waals surface area contributed by atoms with Crippen molar-refractivity contribution in [1.29, 1.82) is 0 Å². The molecule has 8 heteroatoms. The highest BCUT2D eigenvalue weighted by atomic mass is 32.2. The van der Waals surface area contributed by atoms with E-state index in [1.165, 1.54) is 7.11 Å². The summed E-state index contributed by atoms with van der Waals surface area (Å²) in [5.41, 5.74) is 0. The fourth-order valence-corrected chi connectivity index (χ4v) is 3.99. The van der Waals surface area contributed by atoms with Gasteiger partial charge in [-0.2, -0.15) is 0 Å². The van der Waals surface area contributed by atoms with Crippen LogP contribution >= 0.6 is 0 Å². The van der Waals surface area contributed by atoms with Gasteiger partial charge < -0.3 is 14.7 Å². The Morgan fingerprint density at radius 1 is 1.40 bits per heavy atom. The Morgan fingerprint density at radius 3 is 2.45 bits per heavy atom. The average molecular weight is 307 g/mol. The van der Waals surface area contributed by atoms with E-state index in [9.17, 15) is 18.0 Å². The molecule has 1 aliphatic heterocycles. The van der Waals surface area contributed by atoms with Gasteiger partial charge in [0.25, 0.3) is 0 Å². The van der Waals surface area contributed by atoms with E-state index in [1.807, 2.05) is 0 Å². The van der Waals surface area contributed by atoms with Crippen LogP contribution < -0.4 is 0 Å². The van der Waals surface area contributed by atoms with Crippen LogP contribution in [-0.2, 0) is 24.2 Å². The molecule has 0 aliphatic carbocycles. The van der Waals surface area contributed by atoms with Crippen LogP contribution in [0.2, 0.25) is 0 Å². The Hall–Kier alpha value is -1.15.